The van der Waals surface area contributed by atoms with Crippen molar-refractivity contribution in [3.8, 4) is 5.75 Å². The first-order valence-electron chi connectivity index (χ1n) is 11.3. The molecule has 3 rings (SSSR count). The van der Waals surface area contributed by atoms with Crippen LogP contribution >= 0.6 is 11.6 Å². The lowest BCUT2D eigenvalue weighted by molar-refractivity contribution is -0.151. The van der Waals surface area contributed by atoms with Gasteiger partial charge in [-0.05, 0) is 62.9 Å². The number of carbonyl (C=O) groups excluding carboxylic acids is 3. The summed E-state index contributed by atoms with van der Waals surface area (Å²) in [5.41, 5.74) is 1.82. The Morgan fingerprint density at radius 3 is 2.41 bits per heavy atom. The molecule has 1 fully saturated rings. The quantitative estimate of drug-likeness (QED) is 0.496. The summed E-state index contributed by atoms with van der Waals surface area (Å²) in [5.74, 6) is -0.0306. The maximum absolute atomic E-state index is 13.7. The van der Waals surface area contributed by atoms with Gasteiger partial charge >= 0.3 is 12.1 Å². The summed E-state index contributed by atoms with van der Waals surface area (Å²) in [6, 6.07) is 12.8. The Labute approximate surface area is 205 Å². The topological polar surface area (TPSA) is 76.2 Å². The molecule has 0 radical (unpaired) electrons. The van der Waals surface area contributed by atoms with Crippen molar-refractivity contribution in [3.63, 3.8) is 0 Å². The molecule has 7 nitrogen and oxygen atoms in total. The molecule has 2 amide bonds. The normalized spacial score (nSPS) is 17.0. The van der Waals surface area contributed by atoms with Gasteiger partial charge in [-0.2, -0.15) is 0 Å². The SMILES string of the molecule is COC(=O)CCCN(Cc1ccc(Cl)cc1)C(=O)C1(C)CCN1C(=O)Oc1ccc(C)cc1C. The zero-order valence-electron chi connectivity index (χ0n) is 20.1. The number of amides is 2. The fraction of sp³-hybridized carbons (Fsp3) is 0.423. The predicted molar refractivity (Wildman–Crippen MR) is 130 cm³/mol. The van der Waals surface area contributed by atoms with Crippen LogP contribution in [0.4, 0.5) is 4.79 Å². The number of aryl methyl sites for hydroxylation is 2. The largest absolute Gasteiger partial charge is 0.469 e. The maximum atomic E-state index is 13.7. The summed E-state index contributed by atoms with van der Waals surface area (Å²) >= 11 is 6.00. The molecule has 0 bridgehead atoms. The predicted octanol–water partition coefficient (Wildman–Crippen LogP) is 4.90. The number of likely N-dealkylation sites (tertiary alicyclic amines) is 1. The molecular formula is C26H31ClN2O5. The first-order valence-corrected chi connectivity index (χ1v) is 11.7. The van der Waals surface area contributed by atoms with Crippen LogP contribution in [0, 0.1) is 13.8 Å². The van der Waals surface area contributed by atoms with E-state index < -0.39 is 11.6 Å². The van der Waals surface area contributed by atoms with E-state index in [0.717, 1.165) is 16.7 Å². The molecule has 0 aliphatic carbocycles. The van der Waals surface area contributed by atoms with Gasteiger partial charge < -0.3 is 14.4 Å². The number of methoxy groups -OCH3 is 1. The average Bonchev–Trinajstić information content (AvgIpc) is 2.79. The number of carbonyl (C=O) groups is 3. The minimum Gasteiger partial charge on any atom is -0.469 e. The molecule has 1 heterocycles. The molecule has 0 spiro atoms. The second-order valence-electron chi connectivity index (χ2n) is 8.85. The number of esters is 1. The fourth-order valence-electron chi connectivity index (χ4n) is 4.06. The second kappa shape index (κ2) is 10.9. The van der Waals surface area contributed by atoms with Crippen molar-refractivity contribution in [1.82, 2.24) is 9.80 Å². The summed E-state index contributed by atoms with van der Waals surface area (Å²) in [4.78, 5) is 41.4. The van der Waals surface area contributed by atoms with Gasteiger partial charge in [0.05, 0.1) is 7.11 Å². The van der Waals surface area contributed by atoms with E-state index >= 15 is 0 Å². The number of nitrogens with zero attached hydrogens (tertiary/aromatic N) is 2. The molecule has 8 heteroatoms. The Balaban J connectivity index is 1.75. The third-order valence-electron chi connectivity index (χ3n) is 6.24. The first-order chi connectivity index (χ1) is 16.1. The van der Waals surface area contributed by atoms with Gasteiger partial charge in [-0.3, -0.25) is 14.5 Å². The van der Waals surface area contributed by atoms with Crippen molar-refractivity contribution in [2.75, 3.05) is 20.2 Å². The van der Waals surface area contributed by atoms with Crippen LogP contribution in [-0.2, 0) is 20.9 Å². The molecule has 1 aliphatic heterocycles. The lowest BCUT2D eigenvalue weighted by Crippen LogP contribution is -2.68. The second-order valence-corrected chi connectivity index (χ2v) is 9.28. The van der Waals surface area contributed by atoms with E-state index in [1.165, 1.54) is 12.0 Å². The van der Waals surface area contributed by atoms with Crippen LogP contribution in [-0.4, -0.2) is 53.5 Å². The molecule has 2 aromatic carbocycles. The molecule has 1 aliphatic rings. The number of ether oxygens (including phenoxy) is 2. The Hall–Kier alpha value is -3.06. The van der Waals surface area contributed by atoms with E-state index in [0.29, 0.717) is 43.2 Å². The number of halogens is 1. The van der Waals surface area contributed by atoms with Crippen LogP contribution in [0.15, 0.2) is 42.5 Å². The molecule has 34 heavy (non-hydrogen) atoms. The van der Waals surface area contributed by atoms with Crippen molar-refractivity contribution < 1.29 is 23.9 Å². The van der Waals surface area contributed by atoms with Crippen molar-refractivity contribution >= 4 is 29.6 Å². The van der Waals surface area contributed by atoms with Gasteiger partial charge in [-0.1, -0.05) is 41.4 Å². The summed E-state index contributed by atoms with van der Waals surface area (Å²) in [6.07, 6.45) is 0.641. The molecule has 0 aromatic heterocycles. The van der Waals surface area contributed by atoms with Crippen LogP contribution in [0.2, 0.25) is 5.02 Å². The summed E-state index contributed by atoms with van der Waals surface area (Å²) in [5, 5.41) is 0.610. The van der Waals surface area contributed by atoms with Crippen LogP contribution in [0.3, 0.4) is 0 Å². The molecule has 0 saturated carbocycles. The smallest absolute Gasteiger partial charge is 0.416 e. The highest BCUT2D eigenvalue weighted by molar-refractivity contribution is 6.30. The lowest BCUT2D eigenvalue weighted by Gasteiger charge is -2.49. The van der Waals surface area contributed by atoms with Gasteiger partial charge in [0, 0.05) is 31.1 Å². The van der Waals surface area contributed by atoms with E-state index in [2.05, 4.69) is 0 Å². The Morgan fingerprint density at radius 2 is 1.82 bits per heavy atom. The third kappa shape index (κ3) is 5.89. The highest BCUT2D eigenvalue weighted by Crippen LogP contribution is 2.34. The monoisotopic (exact) mass is 486 g/mol. The third-order valence-corrected chi connectivity index (χ3v) is 6.49. The molecule has 1 unspecified atom stereocenters. The van der Waals surface area contributed by atoms with Gasteiger partial charge in [0.15, 0.2) is 0 Å². The van der Waals surface area contributed by atoms with Gasteiger partial charge in [0.2, 0.25) is 5.91 Å². The lowest BCUT2D eigenvalue weighted by atomic mass is 9.85. The molecule has 182 valence electrons. The number of rotatable bonds is 8. The van der Waals surface area contributed by atoms with Gasteiger partial charge in [-0.15, -0.1) is 0 Å². The van der Waals surface area contributed by atoms with Gasteiger partial charge in [0.1, 0.15) is 11.3 Å². The minimum atomic E-state index is -1.02. The maximum Gasteiger partial charge on any atom is 0.416 e. The van der Waals surface area contributed by atoms with Crippen LogP contribution in [0.25, 0.3) is 0 Å². The molecular weight excluding hydrogens is 456 g/mol. The minimum absolute atomic E-state index is 0.184. The van der Waals surface area contributed by atoms with Crippen molar-refractivity contribution in [2.24, 2.45) is 0 Å². The fourth-order valence-corrected chi connectivity index (χ4v) is 4.18. The highest BCUT2D eigenvalue weighted by Gasteiger charge is 2.52. The van der Waals surface area contributed by atoms with Crippen LogP contribution in [0.5, 0.6) is 5.75 Å². The molecule has 2 aromatic rings. The zero-order chi connectivity index (χ0) is 24.9. The van der Waals surface area contributed by atoms with Gasteiger partial charge in [-0.25, -0.2) is 4.79 Å². The molecule has 0 N–H and O–H groups in total. The van der Waals surface area contributed by atoms with Crippen LogP contribution < -0.4 is 4.74 Å². The van der Waals surface area contributed by atoms with Crippen molar-refractivity contribution in [3.05, 3.63) is 64.2 Å². The Bertz CT molecular complexity index is 1060. The average molecular weight is 487 g/mol. The standard InChI is InChI=1S/C26H31ClN2O5/c1-18-7-12-22(19(2)16-18)34-25(32)29-15-13-26(29,3)24(31)28(14-5-6-23(30)33-4)17-20-8-10-21(27)11-9-20/h7-12,16H,5-6,13-15,17H2,1-4H3. The zero-order valence-corrected chi connectivity index (χ0v) is 20.9. The van der Waals surface area contributed by atoms with E-state index in [-0.39, 0.29) is 18.3 Å². The Kier molecular flexibility index (Phi) is 8.20. The Morgan fingerprint density at radius 1 is 1.12 bits per heavy atom. The summed E-state index contributed by atoms with van der Waals surface area (Å²) in [6.45, 7) is 6.74. The summed E-state index contributed by atoms with van der Waals surface area (Å²) in [7, 11) is 1.34. The van der Waals surface area contributed by atoms with Crippen molar-refractivity contribution in [2.45, 2.75) is 52.1 Å². The van der Waals surface area contributed by atoms with Crippen molar-refractivity contribution in [1.29, 1.82) is 0 Å². The van der Waals surface area contributed by atoms with Gasteiger partial charge in [0.25, 0.3) is 0 Å². The van der Waals surface area contributed by atoms with E-state index in [9.17, 15) is 14.4 Å². The summed E-state index contributed by atoms with van der Waals surface area (Å²) < 4.78 is 10.3. The molecule has 1 atom stereocenters. The number of hydrogen-bond donors (Lipinski definition) is 0. The van der Waals surface area contributed by atoms with E-state index in [4.69, 9.17) is 21.1 Å². The molecule has 1 saturated heterocycles. The van der Waals surface area contributed by atoms with Crippen LogP contribution in [0.1, 0.15) is 42.9 Å². The van der Waals surface area contributed by atoms with E-state index in [1.54, 1.807) is 30.0 Å². The number of hydrogen-bond acceptors (Lipinski definition) is 5. The van der Waals surface area contributed by atoms with E-state index in [1.807, 2.05) is 38.1 Å². The highest BCUT2D eigenvalue weighted by atomic mass is 35.5. The first kappa shape index (κ1) is 25.6. The number of benzene rings is 2.